The normalized spacial score (nSPS) is 32.2. The third-order valence-electron chi connectivity index (χ3n) is 3.63. The minimum Gasteiger partial charge on any atom is -0.389 e. The van der Waals surface area contributed by atoms with Crippen LogP contribution in [0.4, 0.5) is 0 Å². The Hall–Kier alpha value is -0.690. The average Bonchev–Trinajstić information content (AvgIpc) is 2.43. The van der Waals surface area contributed by atoms with Crippen molar-refractivity contribution in [2.24, 2.45) is 5.92 Å². The summed E-state index contributed by atoms with van der Waals surface area (Å²) < 4.78 is 31.5. The van der Waals surface area contributed by atoms with Crippen LogP contribution in [0, 0.1) is 5.92 Å². The van der Waals surface area contributed by atoms with Crippen LogP contribution in [0.1, 0.15) is 33.1 Å². The highest BCUT2D eigenvalue weighted by Gasteiger charge is 2.21. The first-order chi connectivity index (χ1) is 9.85. The maximum absolute atomic E-state index is 11.8. The summed E-state index contributed by atoms with van der Waals surface area (Å²) >= 11 is 0. The zero-order chi connectivity index (χ0) is 15.9. The van der Waals surface area contributed by atoms with Gasteiger partial charge in [0.1, 0.15) is 6.10 Å². The summed E-state index contributed by atoms with van der Waals surface area (Å²) in [5, 5.41) is 10.3. The van der Waals surface area contributed by atoms with Crippen molar-refractivity contribution in [3.05, 3.63) is 23.8 Å². The van der Waals surface area contributed by atoms with Crippen LogP contribution in [-0.2, 0) is 14.8 Å². The van der Waals surface area contributed by atoms with E-state index < -0.39 is 16.1 Å². The molecule has 0 aliphatic carbocycles. The Balaban J connectivity index is 2.88. The van der Waals surface area contributed by atoms with Crippen molar-refractivity contribution in [2.75, 3.05) is 19.4 Å². The van der Waals surface area contributed by atoms with Gasteiger partial charge in [-0.2, -0.15) is 0 Å². The van der Waals surface area contributed by atoms with Gasteiger partial charge in [-0.15, -0.1) is 0 Å². The topological polar surface area (TPSA) is 75.6 Å². The van der Waals surface area contributed by atoms with Gasteiger partial charge in [-0.25, -0.2) is 13.1 Å². The zero-order valence-electron chi connectivity index (χ0n) is 13.1. The van der Waals surface area contributed by atoms with E-state index >= 15 is 0 Å². The highest BCUT2D eigenvalue weighted by molar-refractivity contribution is 7.89. The summed E-state index contributed by atoms with van der Waals surface area (Å²) in [6.45, 7) is 4.04. The number of hydrogen-bond donors (Lipinski definition) is 2. The van der Waals surface area contributed by atoms with Crippen LogP contribution in [0.3, 0.4) is 0 Å². The second-order valence-electron chi connectivity index (χ2n) is 5.63. The van der Waals surface area contributed by atoms with E-state index in [0.717, 1.165) is 18.4 Å². The molecule has 0 amide bonds. The first kappa shape index (κ1) is 18.4. The van der Waals surface area contributed by atoms with Gasteiger partial charge in [-0.3, -0.25) is 0 Å². The Morgan fingerprint density at radius 2 is 2.10 bits per heavy atom. The minimum absolute atomic E-state index is 0.118. The van der Waals surface area contributed by atoms with Gasteiger partial charge >= 0.3 is 0 Å². The van der Waals surface area contributed by atoms with E-state index in [0.29, 0.717) is 6.42 Å². The molecule has 1 aliphatic heterocycles. The molecular formula is C15H27NO4S. The SMILES string of the molecule is COC1C=CCCCCS(=O)(=O)NCC(C)=CC(C)C1O. The fourth-order valence-corrected chi connectivity index (χ4v) is 3.49. The van der Waals surface area contributed by atoms with Crippen LogP contribution in [0.15, 0.2) is 23.8 Å². The number of allylic oxidation sites excluding steroid dienone is 1. The molecule has 1 rings (SSSR count). The molecule has 0 saturated heterocycles. The molecule has 0 saturated carbocycles. The van der Waals surface area contributed by atoms with Crippen molar-refractivity contribution in [3.63, 3.8) is 0 Å². The Labute approximate surface area is 128 Å². The van der Waals surface area contributed by atoms with E-state index in [-0.39, 0.29) is 24.3 Å². The maximum Gasteiger partial charge on any atom is 0.211 e. The van der Waals surface area contributed by atoms with Gasteiger partial charge in [0.15, 0.2) is 0 Å². The van der Waals surface area contributed by atoms with Crippen molar-refractivity contribution >= 4 is 10.0 Å². The molecule has 3 atom stereocenters. The Kier molecular flexibility index (Phi) is 7.59. The average molecular weight is 317 g/mol. The van der Waals surface area contributed by atoms with Gasteiger partial charge in [-0.1, -0.05) is 30.7 Å². The number of hydrogen-bond acceptors (Lipinski definition) is 4. The number of ether oxygens (including phenoxy) is 1. The minimum atomic E-state index is -3.21. The van der Waals surface area contributed by atoms with Gasteiger partial charge in [0.25, 0.3) is 0 Å². The molecule has 0 spiro atoms. The molecule has 122 valence electrons. The lowest BCUT2D eigenvalue weighted by atomic mass is 9.96. The number of aliphatic hydroxyl groups is 1. The standard InChI is InChI=1S/C15H27NO4S/c1-12-10-13(2)15(17)14(20-3)8-6-4-5-7-9-21(18,19)16-11-12/h6,8,10,13-17H,4-5,7,9,11H2,1-3H3. The van der Waals surface area contributed by atoms with Gasteiger partial charge in [-0.05, 0) is 26.2 Å². The smallest absolute Gasteiger partial charge is 0.211 e. The Morgan fingerprint density at radius 1 is 1.38 bits per heavy atom. The predicted molar refractivity (Wildman–Crippen MR) is 84.5 cm³/mol. The van der Waals surface area contributed by atoms with E-state index in [1.54, 1.807) is 7.11 Å². The second kappa shape index (κ2) is 8.68. The summed E-state index contributed by atoms with van der Waals surface area (Å²) in [6, 6.07) is 0. The number of nitrogens with one attached hydrogen (secondary N) is 1. The second-order valence-corrected chi connectivity index (χ2v) is 7.55. The summed E-state index contributed by atoms with van der Waals surface area (Å²) in [5.41, 5.74) is 0.890. The van der Waals surface area contributed by atoms with E-state index in [1.807, 2.05) is 32.1 Å². The molecule has 0 aromatic carbocycles. The number of aliphatic hydroxyl groups excluding tert-OH is 1. The number of sulfonamides is 1. The monoisotopic (exact) mass is 317 g/mol. The first-order valence-electron chi connectivity index (χ1n) is 7.38. The maximum atomic E-state index is 11.8. The number of methoxy groups -OCH3 is 1. The molecule has 0 radical (unpaired) electrons. The molecule has 5 nitrogen and oxygen atoms in total. The van der Waals surface area contributed by atoms with Crippen molar-refractivity contribution in [1.82, 2.24) is 4.72 Å². The first-order valence-corrected chi connectivity index (χ1v) is 9.03. The molecule has 2 N–H and O–H groups in total. The summed E-state index contributed by atoms with van der Waals surface area (Å²) in [7, 11) is -1.63. The number of rotatable bonds is 1. The lowest BCUT2D eigenvalue weighted by molar-refractivity contribution is -0.00185. The summed E-state index contributed by atoms with van der Waals surface area (Å²) in [6.07, 6.45) is 6.91. The Morgan fingerprint density at radius 3 is 2.76 bits per heavy atom. The molecule has 0 fully saturated rings. The van der Waals surface area contributed by atoms with E-state index in [9.17, 15) is 13.5 Å². The van der Waals surface area contributed by atoms with E-state index in [2.05, 4.69) is 4.72 Å². The molecule has 3 unspecified atom stereocenters. The fourth-order valence-electron chi connectivity index (χ4n) is 2.32. The molecule has 1 heterocycles. The molecule has 6 heteroatoms. The molecule has 21 heavy (non-hydrogen) atoms. The third-order valence-corrected chi connectivity index (χ3v) is 5.04. The third kappa shape index (κ3) is 6.74. The van der Waals surface area contributed by atoms with Crippen molar-refractivity contribution in [2.45, 2.75) is 45.3 Å². The van der Waals surface area contributed by atoms with Gasteiger partial charge < -0.3 is 9.84 Å². The van der Waals surface area contributed by atoms with E-state index in [4.69, 9.17) is 4.74 Å². The fraction of sp³-hybridized carbons (Fsp3) is 0.733. The van der Waals surface area contributed by atoms with Crippen LogP contribution in [0.25, 0.3) is 0 Å². The highest BCUT2D eigenvalue weighted by atomic mass is 32.2. The van der Waals surface area contributed by atoms with Gasteiger partial charge in [0.2, 0.25) is 10.0 Å². The van der Waals surface area contributed by atoms with Crippen molar-refractivity contribution in [3.8, 4) is 0 Å². The lowest BCUT2D eigenvalue weighted by Gasteiger charge is -2.23. The zero-order valence-corrected chi connectivity index (χ0v) is 13.9. The molecule has 0 aromatic rings. The van der Waals surface area contributed by atoms with Crippen LogP contribution in [0.2, 0.25) is 0 Å². The Bertz CT molecular complexity index is 470. The van der Waals surface area contributed by atoms with Crippen LogP contribution in [0.5, 0.6) is 0 Å². The van der Waals surface area contributed by atoms with Crippen LogP contribution >= 0.6 is 0 Å². The van der Waals surface area contributed by atoms with Crippen molar-refractivity contribution < 1.29 is 18.3 Å². The van der Waals surface area contributed by atoms with Gasteiger partial charge in [0, 0.05) is 19.6 Å². The summed E-state index contributed by atoms with van der Waals surface area (Å²) in [5.74, 6) is 0.0343. The van der Waals surface area contributed by atoms with Crippen LogP contribution in [-0.4, -0.2) is 45.1 Å². The lowest BCUT2D eigenvalue weighted by Crippen LogP contribution is -2.32. The van der Waals surface area contributed by atoms with Crippen molar-refractivity contribution in [1.29, 1.82) is 0 Å². The molecular weight excluding hydrogens is 290 g/mol. The molecule has 0 aromatic heterocycles. The van der Waals surface area contributed by atoms with E-state index in [1.165, 1.54) is 0 Å². The quantitative estimate of drug-likeness (QED) is 0.720. The molecule has 0 bridgehead atoms. The van der Waals surface area contributed by atoms with Crippen LogP contribution < -0.4 is 4.72 Å². The largest absolute Gasteiger partial charge is 0.389 e. The van der Waals surface area contributed by atoms with Gasteiger partial charge in [0.05, 0.1) is 11.9 Å². The predicted octanol–water partition coefficient (Wildman–Crippen LogP) is 1.60. The summed E-state index contributed by atoms with van der Waals surface area (Å²) in [4.78, 5) is 0. The highest BCUT2D eigenvalue weighted by Crippen LogP contribution is 2.15. The molecule has 1 aliphatic rings.